The van der Waals surface area contributed by atoms with Crippen LogP contribution in [0.25, 0.3) is 0 Å². The number of hydrogen-bond acceptors (Lipinski definition) is 1. The largest absolute Gasteiger partial charge is 0.310 e. The van der Waals surface area contributed by atoms with E-state index in [1.807, 2.05) is 13.0 Å². The Labute approximate surface area is 118 Å². The van der Waals surface area contributed by atoms with Crippen LogP contribution in [0.1, 0.15) is 29.7 Å². The van der Waals surface area contributed by atoms with Crippen LogP contribution < -0.4 is 5.32 Å². The molecule has 2 aromatic carbocycles. The summed E-state index contributed by atoms with van der Waals surface area (Å²) < 4.78 is 28.0. The van der Waals surface area contributed by atoms with E-state index in [0.717, 1.165) is 0 Å². The van der Waals surface area contributed by atoms with E-state index in [1.165, 1.54) is 6.07 Å². The van der Waals surface area contributed by atoms with Crippen LogP contribution >= 0.6 is 0 Å². The topological polar surface area (TPSA) is 12.0 Å². The van der Waals surface area contributed by atoms with E-state index in [-0.39, 0.29) is 17.7 Å². The Morgan fingerprint density at radius 1 is 1.05 bits per heavy atom. The highest BCUT2D eigenvalue weighted by atomic mass is 19.1. The third kappa shape index (κ3) is 3.23. The summed E-state index contributed by atoms with van der Waals surface area (Å²) in [5, 5.41) is 3.24. The highest BCUT2D eigenvalue weighted by molar-refractivity contribution is 5.30. The molecule has 0 bridgehead atoms. The summed E-state index contributed by atoms with van der Waals surface area (Å²) in [6, 6.07) is 11.7. The van der Waals surface area contributed by atoms with Gasteiger partial charge in [-0.25, -0.2) is 8.78 Å². The molecule has 0 spiro atoms. The molecule has 1 N–H and O–H groups in total. The Morgan fingerprint density at radius 2 is 1.80 bits per heavy atom. The van der Waals surface area contributed by atoms with Crippen molar-refractivity contribution in [1.29, 1.82) is 0 Å². The number of nitrogens with one attached hydrogen (secondary N) is 1. The molecule has 1 nitrogen and oxygen atoms in total. The first-order valence-electron chi connectivity index (χ1n) is 6.85. The molecule has 0 saturated carbocycles. The molecule has 0 amide bonds. The lowest BCUT2D eigenvalue weighted by molar-refractivity contribution is 0.496. The van der Waals surface area contributed by atoms with Crippen LogP contribution in [0.4, 0.5) is 8.78 Å². The van der Waals surface area contributed by atoms with E-state index in [9.17, 15) is 8.78 Å². The number of likely N-dealkylation sites (N-methyl/N-ethyl adjacent to an activating group) is 1. The quantitative estimate of drug-likeness (QED) is 0.863. The van der Waals surface area contributed by atoms with Gasteiger partial charge in [-0.1, -0.05) is 43.3 Å². The molecular weight excluding hydrogens is 256 g/mol. The number of aryl methyl sites for hydroxylation is 1. The van der Waals surface area contributed by atoms with Crippen molar-refractivity contribution in [1.82, 2.24) is 5.32 Å². The Balaban J connectivity index is 2.32. The van der Waals surface area contributed by atoms with Gasteiger partial charge in [0.15, 0.2) is 0 Å². The van der Waals surface area contributed by atoms with Gasteiger partial charge in [-0.05, 0) is 37.1 Å². The average Bonchev–Trinajstić information content (AvgIpc) is 2.44. The monoisotopic (exact) mass is 275 g/mol. The zero-order valence-corrected chi connectivity index (χ0v) is 11.8. The van der Waals surface area contributed by atoms with Gasteiger partial charge >= 0.3 is 0 Å². The minimum absolute atomic E-state index is 0.213. The molecule has 2 aromatic rings. The Kier molecular flexibility index (Phi) is 4.85. The summed E-state index contributed by atoms with van der Waals surface area (Å²) in [7, 11) is 0. The summed E-state index contributed by atoms with van der Waals surface area (Å²) in [4.78, 5) is 0. The van der Waals surface area contributed by atoms with Crippen LogP contribution in [0.5, 0.6) is 0 Å². The zero-order chi connectivity index (χ0) is 14.5. The average molecular weight is 275 g/mol. The molecule has 2 rings (SSSR count). The van der Waals surface area contributed by atoms with E-state index >= 15 is 0 Å². The molecule has 20 heavy (non-hydrogen) atoms. The molecule has 0 heterocycles. The second kappa shape index (κ2) is 6.62. The maximum Gasteiger partial charge on any atom is 0.130 e. The minimum atomic E-state index is -0.247. The van der Waals surface area contributed by atoms with Crippen molar-refractivity contribution in [2.45, 2.75) is 26.3 Å². The maximum absolute atomic E-state index is 14.2. The lowest BCUT2D eigenvalue weighted by Crippen LogP contribution is -2.24. The fourth-order valence-corrected chi connectivity index (χ4v) is 2.36. The molecule has 106 valence electrons. The van der Waals surface area contributed by atoms with Gasteiger partial charge in [0.2, 0.25) is 0 Å². The predicted molar refractivity (Wildman–Crippen MR) is 77.7 cm³/mol. The molecule has 0 radical (unpaired) electrons. The third-order valence-electron chi connectivity index (χ3n) is 3.43. The van der Waals surface area contributed by atoms with E-state index < -0.39 is 0 Å². The van der Waals surface area contributed by atoms with Crippen LogP contribution in [0, 0.1) is 18.6 Å². The van der Waals surface area contributed by atoms with Crippen molar-refractivity contribution in [2.75, 3.05) is 6.54 Å². The molecule has 0 fully saturated rings. The number of benzene rings is 2. The van der Waals surface area contributed by atoms with Crippen LogP contribution in [-0.2, 0) is 6.42 Å². The second-order valence-corrected chi connectivity index (χ2v) is 4.88. The summed E-state index contributed by atoms with van der Waals surface area (Å²) in [6.07, 6.45) is 0.431. The number of hydrogen-bond donors (Lipinski definition) is 1. The first-order chi connectivity index (χ1) is 9.63. The molecule has 1 unspecified atom stereocenters. The van der Waals surface area contributed by atoms with Gasteiger partial charge < -0.3 is 5.32 Å². The number of rotatable bonds is 5. The zero-order valence-electron chi connectivity index (χ0n) is 11.8. The normalized spacial score (nSPS) is 12.4. The van der Waals surface area contributed by atoms with Gasteiger partial charge in [0.05, 0.1) is 0 Å². The molecule has 3 heteroatoms. The van der Waals surface area contributed by atoms with Crippen molar-refractivity contribution in [3.05, 3.63) is 70.8 Å². The lowest BCUT2D eigenvalue weighted by atomic mass is 9.96. The summed E-state index contributed by atoms with van der Waals surface area (Å²) >= 11 is 0. The first kappa shape index (κ1) is 14.7. The summed E-state index contributed by atoms with van der Waals surface area (Å²) in [6.45, 7) is 4.40. The van der Waals surface area contributed by atoms with Gasteiger partial charge in [0.25, 0.3) is 0 Å². The number of halogens is 2. The fraction of sp³-hybridized carbons (Fsp3) is 0.294. The Bertz CT molecular complexity index is 581. The predicted octanol–water partition coefficient (Wildman–Crippen LogP) is 4.17. The van der Waals surface area contributed by atoms with Gasteiger partial charge in [-0.3, -0.25) is 0 Å². The van der Waals surface area contributed by atoms with E-state index in [0.29, 0.717) is 29.7 Å². The smallest absolute Gasteiger partial charge is 0.130 e. The molecule has 0 aromatic heterocycles. The first-order valence-corrected chi connectivity index (χ1v) is 6.85. The van der Waals surface area contributed by atoms with Crippen molar-refractivity contribution < 1.29 is 8.78 Å². The second-order valence-electron chi connectivity index (χ2n) is 4.88. The maximum atomic E-state index is 14.2. The van der Waals surface area contributed by atoms with Gasteiger partial charge in [0, 0.05) is 11.6 Å². The van der Waals surface area contributed by atoms with Gasteiger partial charge in [0.1, 0.15) is 11.6 Å². The SMILES string of the molecule is CCNC(Cc1ccccc1F)c1cccc(C)c1F. The van der Waals surface area contributed by atoms with Crippen molar-refractivity contribution in [3.63, 3.8) is 0 Å². The Hall–Kier alpha value is -1.74. The molecule has 1 atom stereocenters. The van der Waals surface area contributed by atoms with Crippen molar-refractivity contribution in [3.8, 4) is 0 Å². The standard InChI is InChI=1S/C17H19F2N/c1-3-20-16(11-13-8-4-5-10-15(13)18)14-9-6-7-12(2)17(14)19/h4-10,16,20H,3,11H2,1-2H3. The highest BCUT2D eigenvalue weighted by Gasteiger charge is 2.17. The molecule has 0 saturated heterocycles. The fourth-order valence-electron chi connectivity index (χ4n) is 2.36. The summed E-state index contributed by atoms with van der Waals surface area (Å²) in [5.74, 6) is -0.460. The van der Waals surface area contributed by atoms with Crippen LogP contribution in [-0.4, -0.2) is 6.54 Å². The highest BCUT2D eigenvalue weighted by Crippen LogP contribution is 2.24. The molecule has 0 aliphatic carbocycles. The molecule has 0 aliphatic rings. The van der Waals surface area contributed by atoms with Crippen LogP contribution in [0.15, 0.2) is 42.5 Å². The van der Waals surface area contributed by atoms with Crippen LogP contribution in [0.2, 0.25) is 0 Å². The van der Waals surface area contributed by atoms with Gasteiger partial charge in [-0.15, -0.1) is 0 Å². The minimum Gasteiger partial charge on any atom is -0.310 e. The van der Waals surface area contributed by atoms with Gasteiger partial charge in [-0.2, -0.15) is 0 Å². The van der Waals surface area contributed by atoms with Crippen LogP contribution in [0.3, 0.4) is 0 Å². The Morgan fingerprint density at radius 3 is 2.50 bits per heavy atom. The van der Waals surface area contributed by atoms with E-state index in [1.54, 1.807) is 37.3 Å². The molecular formula is C17H19F2N. The van der Waals surface area contributed by atoms with Crippen molar-refractivity contribution in [2.24, 2.45) is 0 Å². The van der Waals surface area contributed by atoms with Crippen molar-refractivity contribution >= 4 is 0 Å². The van der Waals surface area contributed by atoms with E-state index in [4.69, 9.17) is 0 Å². The molecule has 0 aliphatic heterocycles. The third-order valence-corrected chi connectivity index (χ3v) is 3.43. The lowest BCUT2D eigenvalue weighted by Gasteiger charge is -2.20. The summed E-state index contributed by atoms with van der Waals surface area (Å²) in [5.41, 5.74) is 1.80. The van der Waals surface area contributed by atoms with E-state index in [2.05, 4.69) is 5.32 Å².